The number of rotatable bonds is 5. The average molecular weight is 402 g/mol. The number of nitrogens with zero attached hydrogens (tertiary/aromatic N) is 1. The van der Waals surface area contributed by atoms with Crippen molar-refractivity contribution in [3.8, 4) is 5.75 Å². The standard InChI is InChI=1S/C23H18N2O3S/c1-2-27-16-8-9-18-20(12-16)29-23(24-18)25-21(26)11-15-13-28-19-10-7-14-5-3-4-6-17(14)22(15)19/h3-10,12-13H,2,11H2,1H3,(H,24,25,26). The number of fused-ring (bicyclic) bond motifs is 4. The van der Waals surface area contributed by atoms with Gasteiger partial charge in [0.05, 0.1) is 29.5 Å². The van der Waals surface area contributed by atoms with Crippen LogP contribution >= 0.6 is 11.3 Å². The smallest absolute Gasteiger partial charge is 0.230 e. The Kier molecular flexibility index (Phi) is 4.41. The second kappa shape index (κ2) is 7.22. The fourth-order valence-corrected chi connectivity index (χ4v) is 4.47. The van der Waals surface area contributed by atoms with Gasteiger partial charge in [-0.25, -0.2) is 4.98 Å². The first-order valence-corrected chi connectivity index (χ1v) is 10.2. The van der Waals surface area contributed by atoms with E-state index < -0.39 is 0 Å². The van der Waals surface area contributed by atoms with Gasteiger partial charge in [0.1, 0.15) is 11.3 Å². The maximum Gasteiger partial charge on any atom is 0.230 e. The molecule has 2 aromatic heterocycles. The molecule has 1 N–H and O–H groups in total. The van der Waals surface area contributed by atoms with Crippen LogP contribution in [0.2, 0.25) is 0 Å². The van der Waals surface area contributed by atoms with Crippen LogP contribution in [0, 0.1) is 0 Å². The molecule has 144 valence electrons. The third kappa shape index (κ3) is 3.32. The lowest BCUT2D eigenvalue weighted by atomic mass is 10.0. The Morgan fingerprint density at radius 1 is 1.17 bits per heavy atom. The predicted molar refractivity (Wildman–Crippen MR) is 117 cm³/mol. The van der Waals surface area contributed by atoms with Gasteiger partial charge in [0.25, 0.3) is 0 Å². The summed E-state index contributed by atoms with van der Waals surface area (Å²) >= 11 is 1.44. The van der Waals surface area contributed by atoms with Crippen LogP contribution in [0.4, 0.5) is 5.13 Å². The number of aromatic nitrogens is 1. The number of hydrogen-bond donors (Lipinski definition) is 1. The topological polar surface area (TPSA) is 64.4 Å². The Labute approximate surface area is 170 Å². The molecule has 0 saturated heterocycles. The minimum atomic E-state index is -0.121. The first kappa shape index (κ1) is 17.7. The van der Waals surface area contributed by atoms with E-state index in [0.717, 1.165) is 43.3 Å². The minimum Gasteiger partial charge on any atom is -0.494 e. The Morgan fingerprint density at radius 2 is 2.07 bits per heavy atom. The van der Waals surface area contributed by atoms with Crippen molar-refractivity contribution >= 4 is 54.3 Å². The van der Waals surface area contributed by atoms with Gasteiger partial charge in [-0.2, -0.15) is 0 Å². The fourth-order valence-electron chi connectivity index (χ4n) is 3.56. The lowest BCUT2D eigenvalue weighted by Crippen LogP contribution is -2.13. The largest absolute Gasteiger partial charge is 0.494 e. The highest BCUT2D eigenvalue weighted by Crippen LogP contribution is 2.31. The summed E-state index contributed by atoms with van der Waals surface area (Å²) < 4.78 is 12.2. The van der Waals surface area contributed by atoms with Gasteiger partial charge in [0.2, 0.25) is 5.91 Å². The molecule has 0 radical (unpaired) electrons. The number of benzene rings is 3. The second-order valence-electron chi connectivity index (χ2n) is 6.73. The molecular weight excluding hydrogens is 384 g/mol. The minimum absolute atomic E-state index is 0.121. The highest BCUT2D eigenvalue weighted by Gasteiger charge is 2.15. The Balaban J connectivity index is 1.41. The summed E-state index contributed by atoms with van der Waals surface area (Å²) in [6.45, 7) is 2.56. The Morgan fingerprint density at radius 3 is 2.97 bits per heavy atom. The maximum absolute atomic E-state index is 12.7. The van der Waals surface area contributed by atoms with Crippen molar-refractivity contribution in [3.63, 3.8) is 0 Å². The van der Waals surface area contributed by atoms with Gasteiger partial charge in [-0.1, -0.05) is 41.7 Å². The highest BCUT2D eigenvalue weighted by molar-refractivity contribution is 7.22. The SMILES string of the molecule is CCOc1ccc2nc(NC(=O)Cc3coc4ccc5ccccc5c34)sc2c1. The average Bonchev–Trinajstić information content (AvgIpc) is 3.31. The molecule has 0 bridgehead atoms. The van der Waals surface area contributed by atoms with Crippen LogP contribution in [-0.2, 0) is 11.2 Å². The first-order chi connectivity index (χ1) is 14.2. The molecule has 5 nitrogen and oxygen atoms in total. The summed E-state index contributed by atoms with van der Waals surface area (Å²) in [4.78, 5) is 17.2. The van der Waals surface area contributed by atoms with Gasteiger partial charge in [-0.3, -0.25) is 4.79 Å². The number of carbonyl (C=O) groups is 1. The fraction of sp³-hybridized carbons (Fsp3) is 0.130. The van der Waals surface area contributed by atoms with E-state index in [1.54, 1.807) is 6.26 Å². The summed E-state index contributed by atoms with van der Waals surface area (Å²) in [5.74, 6) is 0.683. The van der Waals surface area contributed by atoms with E-state index in [1.165, 1.54) is 11.3 Å². The summed E-state index contributed by atoms with van der Waals surface area (Å²) in [7, 11) is 0. The lowest BCUT2D eigenvalue weighted by Gasteiger charge is -2.03. The number of hydrogen-bond acceptors (Lipinski definition) is 5. The zero-order chi connectivity index (χ0) is 19.8. The number of amides is 1. The lowest BCUT2D eigenvalue weighted by molar-refractivity contribution is -0.115. The highest BCUT2D eigenvalue weighted by atomic mass is 32.1. The summed E-state index contributed by atoms with van der Waals surface area (Å²) in [6, 6.07) is 17.8. The molecule has 2 heterocycles. The molecule has 0 aliphatic carbocycles. The van der Waals surface area contributed by atoms with Gasteiger partial charge in [0, 0.05) is 10.9 Å². The number of nitrogens with one attached hydrogen (secondary N) is 1. The normalized spacial score (nSPS) is 11.3. The molecule has 5 rings (SSSR count). The van der Waals surface area contributed by atoms with Crippen LogP contribution in [0.5, 0.6) is 5.75 Å². The van der Waals surface area contributed by atoms with Crippen molar-refractivity contribution in [2.24, 2.45) is 0 Å². The number of anilines is 1. The van der Waals surface area contributed by atoms with E-state index in [1.807, 2.05) is 49.4 Å². The molecule has 3 aromatic carbocycles. The molecule has 0 aliphatic rings. The zero-order valence-corrected chi connectivity index (χ0v) is 16.6. The third-order valence-electron chi connectivity index (χ3n) is 4.81. The molecule has 6 heteroatoms. The molecule has 29 heavy (non-hydrogen) atoms. The Hall–Kier alpha value is -3.38. The molecule has 0 saturated carbocycles. The van der Waals surface area contributed by atoms with E-state index in [0.29, 0.717) is 11.7 Å². The quantitative estimate of drug-likeness (QED) is 0.405. The molecule has 0 unspecified atom stereocenters. The van der Waals surface area contributed by atoms with E-state index >= 15 is 0 Å². The van der Waals surface area contributed by atoms with E-state index in [2.05, 4.69) is 22.4 Å². The molecular formula is C23H18N2O3S. The molecule has 0 atom stereocenters. The molecule has 0 aliphatic heterocycles. The summed E-state index contributed by atoms with van der Waals surface area (Å²) in [6.07, 6.45) is 1.89. The second-order valence-corrected chi connectivity index (χ2v) is 7.76. The van der Waals surface area contributed by atoms with E-state index in [-0.39, 0.29) is 12.3 Å². The van der Waals surface area contributed by atoms with Crippen molar-refractivity contribution in [3.05, 3.63) is 66.4 Å². The van der Waals surface area contributed by atoms with Crippen LogP contribution in [0.15, 0.2) is 65.3 Å². The first-order valence-electron chi connectivity index (χ1n) is 9.42. The van der Waals surface area contributed by atoms with E-state index in [9.17, 15) is 4.79 Å². The molecule has 1 amide bonds. The van der Waals surface area contributed by atoms with Crippen LogP contribution in [0.25, 0.3) is 32.0 Å². The van der Waals surface area contributed by atoms with Crippen LogP contribution in [-0.4, -0.2) is 17.5 Å². The number of thiazole rings is 1. The zero-order valence-electron chi connectivity index (χ0n) is 15.8. The monoisotopic (exact) mass is 402 g/mol. The maximum atomic E-state index is 12.7. The number of carbonyl (C=O) groups excluding carboxylic acids is 1. The van der Waals surface area contributed by atoms with Crippen molar-refractivity contribution in [1.29, 1.82) is 0 Å². The van der Waals surface area contributed by atoms with Crippen molar-refractivity contribution in [2.45, 2.75) is 13.3 Å². The molecule has 0 spiro atoms. The van der Waals surface area contributed by atoms with E-state index in [4.69, 9.17) is 9.15 Å². The molecule has 0 fully saturated rings. The van der Waals surface area contributed by atoms with Crippen molar-refractivity contribution in [1.82, 2.24) is 4.98 Å². The van der Waals surface area contributed by atoms with Crippen molar-refractivity contribution < 1.29 is 13.9 Å². The van der Waals surface area contributed by atoms with Gasteiger partial charge in [-0.05, 0) is 42.0 Å². The van der Waals surface area contributed by atoms with Gasteiger partial charge < -0.3 is 14.5 Å². The van der Waals surface area contributed by atoms with Gasteiger partial charge >= 0.3 is 0 Å². The van der Waals surface area contributed by atoms with Crippen LogP contribution in [0.1, 0.15) is 12.5 Å². The third-order valence-corrected chi connectivity index (χ3v) is 5.74. The summed E-state index contributed by atoms with van der Waals surface area (Å²) in [5.41, 5.74) is 2.50. The molecule has 5 aromatic rings. The van der Waals surface area contributed by atoms with Gasteiger partial charge in [-0.15, -0.1) is 0 Å². The number of furan rings is 1. The van der Waals surface area contributed by atoms with Gasteiger partial charge in [0.15, 0.2) is 5.13 Å². The van der Waals surface area contributed by atoms with Crippen LogP contribution < -0.4 is 10.1 Å². The van der Waals surface area contributed by atoms with Crippen LogP contribution in [0.3, 0.4) is 0 Å². The number of ether oxygens (including phenoxy) is 1. The predicted octanol–water partition coefficient (Wildman–Crippen LogP) is 5.78. The van der Waals surface area contributed by atoms with Crippen molar-refractivity contribution in [2.75, 3.05) is 11.9 Å². The Bertz CT molecular complexity index is 1350. The summed E-state index contributed by atoms with van der Waals surface area (Å²) in [5, 5.41) is 6.70.